The molecule has 17 heavy (non-hydrogen) atoms. The maximum atomic E-state index is 13.8. The summed E-state index contributed by atoms with van der Waals surface area (Å²) in [5.41, 5.74) is 6.17. The van der Waals surface area contributed by atoms with E-state index in [1.165, 1.54) is 12.1 Å². The quantitative estimate of drug-likeness (QED) is 0.863. The minimum absolute atomic E-state index is 0.0218. The highest BCUT2D eigenvalue weighted by Crippen LogP contribution is 2.29. The van der Waals surface area contributed by atoms with Crippen LogP contribution in [0.25, 0.3) is 0 Å². The Morgan fingerprint density at radius 2 is 2.24 bits per heavy atom. The smallest absolute Gasteiger partial charge is 0.235 e. The molecular formula is C11H15FN2O2S. The molecule has 1 aliphatic heterocycles. The van der Waals surface area contributed by atoms with E-state index in [1.54, 1.807) is 6.07 Å². The number of hydrogen-bond acceptors (Lipinski definition) is 3. The van der Waals surface area contributed by atoms with Gasteiger partial charge in [-0.1, -0.05) is 13.0 Å². The Bertz CT molecular complexity index is 530. The first-order valence-electron chi connectivity index (χ1n) is 5.43. The van der Waals surface area contributed by atoms with Crippen molar-refractivity contribution >= 4 is 15.7 Å². The second kappa shape index (κ2) is 4.27. The van der Waals surface area contributed by atoms with Gasteiger partial charge >= 0.3 is 0 Å². The van der Waals surface area contributed by atoms with Crippen molar-refractivity contribution in [1.82, 2.24) is 0 Å². The summed E-state index contributed by atoms with van der Waals surface area (Å²) in [7, 11) is -3.37. The Balaban J connectivity index is 2.41. The van der Waals surface area contributed by atoms with E-state index >= 15 is 0 Å². The van der Waals surface area contributed by atoms with Crippen LogP contribution in [0.3, 0.4) is 0 Å². The van der Waals surface area contributed by atoms with Gasteiger partial charge in [0.2, 0.25) is 10.0 Å². The topological polar surface area (TPSA) is 63.4 Å². The lowest BCUT2D eigenvalue weighted by atomic mass is 10.2. The third-order valence-electron chi connectivity index (χ3n) is 2.82. The van der Waals surface area contributed by atoms with Crippen LogP contribution in [0.4, 0.5) is 10.1 Å². The summed E-state index contributed by atoms with van der Waals surface area (Å²) in [6.45, 7) is 2.41. The van der Waals surface area contributed by atoms with E-state index in [9.17, 15) is 12.8 Å². The first kappa shape index (κ1) is 12.3. The number of anilines is 1. The number of benzene rings is 1. The van der Waals surface area contributed by atoms with Crippen molar-refractivity contribution in [2.75, 3.05) is 16.6 Å². The normalized spacial score (nSPS) is 23.0. The molecule has 0 aromatic heterocycles. The Morgan fingerprint density at radius 3 is 2.71 bits per heavy atom. The predicted octanol–water partition coefficient (Wildman–Crippen LogP) is 1.07. The van der Waals surface area contributed by atoms with Crippen molar-refractivity contribution in [3.8, 4) is 0 Å². The first-order chi connectivity index (χ1) is 7.94. The van der Waals surface area contributed by atoms with Crippen molar-refractivity contribution in [2.24, 2.45) is 11.7 Å². The van der Waals surface area contributed by atoms with Gasteiger partial charge in [-0.05, 0) is 23.6 Å². The average Bonchev–Trinajstić information content (AvgIpc) is 2.51. The largest absolute Gasteiger partial charge is 0.326 e. The van der Waals surface area contributed by atoms with Crippen LogP contribution in [0.15, 0.2) is 18.2 Å². The van der Waals surface area contributed by atoms with Crippen LogP contribution < -0.4 is 10.0 Å². The lowest BCUT2D eigenvalue weighted by molar-refractivity contribution is 0.594. The van der Waals surface area contributed by atoms with Crippen LogP contribution in [0.2, 0.25) is 0 Å². The summed E-state index contributed by atoms with van der Waals surface area (Å²) in [6.07, 6.45) is 0. The lowest BCUT2D eigenvalue weighted by Crippen LogP contribution is -2.26. The molecule has 0 radical (unpaired) electrons. The minimum atomic E-state index is -3.37. The molecular weight excluding hydrogens is 243 g/mol. The molecule has 2 N–H and O–H groups in total. The second-order valence-corrected chi connectivity index (χ2v) is 6.34. The minimum Gasteiger partial charge on any atom is -0.326 e. The zero-order valence-electron chi connectivity index (χ0n) is 9.56. The van der Waals surface area contributed by atoms with Gasteiger partial charge in [0.05, 0.1) is 11.4 Å². The van der Waals surface area contributed by atoms with Crippen molar-refractivity contribution < 1.29 is 12.8 Å². The maximum absolute atomic E-state index is 13.8. The van der Waals surface area contributed by atoms with E-state index in [4.69, 9.17) is 5.73 Å². The molecule has 6 heteroatoms. The molecule has 1 aromatic rings. The lowest BCUT2D eigenvalue weighted by Gasteiger charge is -2.18. The predicted molar refractivity (Wildman–Crippen MR) is 64.6 cm³/mol. The second-order valence-electron chi connectivity index (χ2n) is 4.40. The van der Waals surface area contributed by atoms with Crippen molar-refractivity contribution in [1.29, 1.82) is 0 Å². The molecule has 1 fully saturated rings. The summed E-state index contributed by atoms with van der Waals surface area (Å²) >= 11 is 0. The summed E-state index contributed by atoms with van der Waals surface area (Å²) < 4.78 is 38.6. The fraction of sp³-hybridized carbons (Fsp3) is 0.455. The number of hydrogen-bond donors (Lipinski definition) is 1. The molecule has 0 spiro atoms. The van der Waals surface area contributed by atoms with E-state index in [-0.39, 0.29) is 23.9 Å². The average molecular weight is 258 g/mol. The van der Waals surface area contributed by atoms with E-state index < -0.39 is 15.8 Å². The zero-order chi connectivity index (χ0) is 12.6. The Hall–Kier alpha value is -1.14. The van der Waals surface area contributed by atoms with E-state index in [0.717, 1.165) is 4.31 Å². The van der Waals surface area contributed by atoms with Crippen LogP contribution in [0.1, 0.15) is 12.5 Å². The van der Waals surface area contributed by atoms with Crippen LogP contribution in [0.5, 0.6) is 0 Å². The Morgan fingerprint density at radius 1 is 1.53 bits per heavy atom. The number of nitrogens with zero attached hydrogens (tertiary/aromatic N) is 1. The third kappa shape index (κ3) is 2.28. The van der Waals surface area contributed by atoms with Crippen LogP contribution in [-0.4, -0.2) is 20.7 Å². The van der Waals surface area contributed by atoms with Gasteiger partial charge in [0.1, 0.15) is 5.82 Å². The zero-order valence-corrected chi connectivity index (χ0v) is 10.4. The monoisotopic (exact) mass is 258 g/mol. The summed E-state index contributed by atoms with van der Waals surface area (Å²) in [6, 6.07) is 4.41. The molecule has 1 atom stereocenters. The number of nitrogens with two attached hydrogens (primary N) is 1. The Kier molecular flexibility index (Phi) is 3.09. The van der Waals surface area contributed by atoms with Crippen LogP contribution in [0, 0.1) is 11.7 Å². The standard InChI is InChI=1S/C11H15FN2O2S/c1-8-6-14(17(15,16)7-8)11-3-2-9(5-13)4-10(11)12/h2-4,8H,5-7,13H2,1H3. The van der Waals surface area contributed by atoms with Gasteiger partial charge in [-0.2, -0.15) is 0 Å². The van der Waals surface area contributed by atoms with Crippen molar-refractivity contribution in [2.45, 2.75) is 13.5 Å². The molecule has 4 nitrogen and oxygen atoms in total. The molecule has 1 unspecified atom stereocenters. The van der Waals surface area contributed by atoms with Gasteiger partial charge in [0.25, 0.3) is 0 Å². The van der Waals surface area contributed by atoms with E-state index in [0.29, 0.717) is 12.1 Å². The highest BCUT2D eigenvalue weighted by atomic mass is 32.2. The van der Waals surface area contributed by atoms with Gasteiger partial charge in [-0.15, -0.1) is 0 Å². The van der Waals surface area contributed by atoms with E-state index in [2.05, 4.69) is 0 Å². The molecule has 1 aliphatic rings. The number of sulfonamides is 1. The van der Waals surface area contributed by atoms with Crippen molar-refractivity contribution in [3.05, 3.63) is 29.6 Å². The van der Waals surface area contributed by atoms with Crippen LogP contribution in [-0.2, 0) is 16.6 Å². The molecule has 0 aliphatic carbocycles. The van der Waals surface area contributed by atoms with Gasteiger partial charge in [0.15, 0.2) is 0 Å². The molecule has 94 valence electrons. The molecule has 0 amide bonds. The van der Waals surface area contributed by atoms with Gasteiger partial charge < -0.3 is 5.73 Å². The van der Waals surface area contributed by atoms with Crippen molar-refractivity contribution in [3.63, 3.8) is 0 Å². The number of rotatable bonds is 2. The van der Waals surface area contributed by atoms with Crippen LogP contribution >= 0.6 is 0 Å². The maximum Gasteiger partial charge on any atom is 0.235 e. The van der Waals surface area contributed by atoms with E-state index in [1.807, 2.05) is 6.92 Å². The number of halogens is 1. The van der Waals surface area contributed by atoms with Gasteiger partial charge in [0, 0.05) is 13.1 Å². The van der Waals surface area contributed by atoms with Gasteiger partial charge in [-0.3, -0.25) is 4.31 Å². The highest BCUT2D eigenvalue weighted by Gasteiger charge is 2.34. The molecule has 1 saturated heterocycles. The first-order valence-corrected chi connectivity index (χ1v) is 7.04. The summed E-state index contributed by atoms with van der Waals surface area (Å²) in [4.78, 5) is 0. The fourth-order valence-electron chi connectivity index (χ4n) is 2.03. The molecule has 2 rings (SSSR count). The summed E-state index contributed by atoms with van der Waals surface area (Å²) in [5.74, 6) is -0.440. The molecule has 0 bridgehead atoms. The third-order valence-corrected chi connectivity index (χ3v) is 4.83. The Labute approximate surface area is 100 Å². The highest BCUT2D eigenvalue weighted by molar-refractivity contribution is 7.93. The van der Waals surface area contributed by atoms with Gasteiger partial charge in [-0.25, -0.2) is 12.8 Å². The fourth-order valence-corrected chi connectivity index (χ4v) is 3.96. The molecule has 0 saturated carbocycles. The molecule has 1 heterocycles. The summed E-state index contributed by atoms with van der Waals surface area (Å²) in [5, 5.41) is 0. The molecule has 1 aromatic carbocycles. The SMILES string of the molecule is CC1CN(c2ccc(CN)cc2F)S(=O)(=O)C1.